The van der Waals surface area contributed by atoms with E-state index >= 15 is 0 Å². The largest absolute Gasteiger partial charge is 0.448 e. The van der Waals surface area contributed by atoms with Gasteiger partial charge in [-0.05, 0) is 41.3 Å². The van der Waals surface area contributed by atoms with Crippen LogP contribution < -0.4 is 0 Å². The van der Waals surface area contributed by atoms with Gasteiger partial charge in [0.2, 0.25) is 0 Å². The van der Waals surface area contributed by atoms with Crippen molar-refractivity contribution in [2.24, 2.45) is 0 Å². The second kappa shape index (κ2) is 9.36. The van der Waals surface area contributed by atoms with Crippen molar-refractivity contribution in [2.45, 2.75) is 30.9 Å². The summed E-state index contributed by atoms with van der Waals surface area (Å²) < 4.78 is 11.3. The summed E-state index contributed by atoms with van der Waals surface area (Å²) in [6, 6.07) is 22.2. The predicted octanol–water partition coefficient (Wildman–Crippen LogP) is 4.17. The molecule has 1 saturated heterocycles. The van der Waals surface area contributed by atoms with Crippen molar-refractivity contribution in [1.29, 1.82) is 0 Å². The van der Waals surface area contributed by atoms with Crippen molar-refractivity contribution in [3.05, 3.63) is 95.1 Å². The third kappa shape index (κ3) is 3.88. The Morgan fingerprint density at radius 3 is 1.90 bits per heavy atom. The maximum atomic E-state index is 13.5. The number of hydrogen-bond donors (Lipinski definition) is 0. The Morgan fingerprint density at radius 2 is 1.36 bits per heavy atom. The molecule has 39 heavy (non-hydrogen) atoms. The van der Waals surface area contributed by atoms with Crippen molar-refractivity contribution in [2.75, 3.05) is 20.3 Å². The summed E-state index contributed by atoms with van der Waals surface area (Å²) in [5, 5.41) is 0.453. The molecule has 1 aliphatic carbocycles. The molecule has 3 aromatic carbocycles. The molecule has 0 bridgehead atoms. The van der Waals surface area contributed by atoms with Crippen molar-refractivity contribution < 1.29 is 33.5 Å². The third-order valence-corrected chi connectivity index (χ3v) is 7.87. The van der Waals surface area contributed by atoms with Gasteiger partial charge in [-0.15, -0.1) is 0 Å². The van der Waals surface area contributed by atoms with E-state index in [2.05, 4.69) is 0 Å². The Balaban J connectivity index is 1.21. The Hall–Kier alpha value is -4.50. The highest BCUT2D eigenvalue weighted by atomic mass is 16.7. The van der Waals surface area contributed by atoms with Gasteiger partial charge in [0, 0.05) is 19.4 Å². The van der Waals surface area contributed by atoms with Crippen LogP contribution in [0.25, 0.3) is 11.1 Å². The topological polar surface area (TPSA) is 102 Å². The summed E-state index contributed by atoms with van der Waals surface area (Å²) in [6.45, 7) is 1.68. The van der Waals surface area contributed by atoms with Crippen LogP contribution in [0.1, 0.15) is 51.1 Å². The number of amides is 3. The molecule has 3 amide bonds. The minimum atomic E-state index is -1.53. The molecule has 2 atom stereocenters. The second-order valence-electron chi connectivity index (χ2n) is 10.1. The van der Waals surface area contributed by atoms with Crippen LogP contribution in [-0.2, 0) is 19.1 Å². The van der Waals surface area contributed by atoms with Gasteiger partial charge in [-0.25, -0.2) is 9.59 Å². The summed E-state index contributed by atoms with van der Waals surface area (Å²) in [5.74, 6) is -2.55. The van der Waals surface area contributed by atoms with Crippen molar-refractivity contribution >= 4 is 23.9 Å². The summed E-state index contributed by atoms with van der Waals surface area (Å²) >= 11 is 0. The molecule has 2 heterocycles. The number of likely N-dealkylation sites (tertiary alicyclic amines) is 1. The van der Waals surface area contributed by atoms with Gasteiger partial charge in [-0.3, -0.25) is 14.5 Å². The molecule has 9 nitrogen and oxygen atoms in total. The predicted molar refractivity (Wildman–Crippen MR) is 139 cm³/mol. The second-order valence-corrected chi connectivity index (χ2v) is 10.1. The third-order valence-electron chi connectivity index (χ3n) is 7.87. The number of carbonyl (C=O) groups is 4. The highest BCUT2D eigenvalue weighted by molar-refractivity contribution is 6.21. The van der Waals surface area contributed by atoms with Crippen LogP contribution in [0.5, 0.6) is 0 Å². The van der Waals surface area contributed by atoms with Crippen LogP contribution in [-0.4, -0.2) is 65.7 Å². The Kier molecular flexibility index (Phi) is 5.95. The normalized spacial score (nSPS) is 21.5. The van der Waals surface area contributed by atoms with E-state index in [4.69, 9.17) is 14.3 Å². The highest BCUT2D eigenvalue weighted by Crippen LogP contribution is 2.45. The molecule has 0 spiro atoms. The van der Waals surface area contributed by atoms with Crippen molar-refractivity contribution in [3.63, 3.8) is 0 Å². The van der Waals surface area contributed by atoms with E-state index in [1.807, 2.05) is 48.5 Å². The summed E-state index contributed by atoms with van der Waals surface area (Å²) in [6.07, 6.45) is -1.07. The number of rotatable bonds is 5. The number of nitrogens with zero attached hydrogens (tertiary/aromatic N) is 2. The zero-order chi connectivity index (χ0) is 27.3. The monoisotopic (exact) mass is 526 g/mol. The lowest BCUT2D eigenvalue weighted by Crippen LogP contribution is -2.53. The lowest BCUT2D eigenvalue weighted by Gasteiger charge is -2.32. The lowest BCUT2D eigenvalue weighted by atomic mass is 9.98. The van der Waals surface area contributed by atoms with E-state index in [1.165, 1.54) is 31.1 Å². The van der Waals surface area contributed by atoms with E-state index in [1.54, 1.807) is 12.1 Å². The fourth-order valence-electron chi connectivity index (χ4n) is 5.75. The zero-order valence-electron chi connectivity index (χ0n) is 21.5. The van der Waals surface area contributed by atoms with Crippen LogP contribution in [0.3, 0.4) is 0 Å². The molecular weight excluding hydrogens is 500 g/mol. The summed E-state index contributed by atoms with van der Waals surface area (Å²) in [5.41, 5.74) is 3.10. The minimum absolute atomic E-state index is 0.0740. The van der Waals surface area contributed by atoms with Crippen LogP contribution in [0, 0.1) is 0 Å². The molecule has 6 rings (SSSR count). The Bertz CT molecular complexity index is 1440. The first kappa shape index (κ1) is 24.8. The van der Waals surface area contributed by atoms with Crippen molar-refractivity contribution in [1.82, 2.24) is 9.96 Å². The molecule has 0 saturated carbocycles. The van der Waals surface area contributed by atoms with Gasteiger partial charge in [0.05, 0.1) is 23.8 Å². The number of hydroxylamine groups is 2. The lowest BCUT2D eigenvalue weighted by molar-refractivity contribution is -0.180. The van der Waals surface area contributed by atoms with Gasteiger partial charge < -0.3 is 14.3 Å². The highest BCUT2D eigenvalue weighted by Gasteiger charge is 2.54. The van der Waals surface area contributed by atoms with E-state index in [0.29, 0.717) is 5.06 Å². The molecule has 0 N–H and O–H groups in total. The molecule has 198 valence electrons. The molecule has 0 radical (unpaired) electrons. The fraction of sp³-hybridized carbons (Fsp3) is 0.267. The molecule has 3 aliphatic rings. The SMILES string of the molecule is COC1CN(C(=O)OCC2c3ccccc3-c3ccccc32)C(C)(C(=O)ON2C(=O)c3ccccc3C2=O)C1. The number of fused-ring (bicyclic) bond motifs is 4. The van der Waals surface area contributed by atoms with Gasteiger partial charge >= 0.3 is 12.1 Å². The van der Waals surface area contributed by atoms with E-state index < -0.39 is 35.5 Å². The molecule has 2 unspecified atom stereocenters. The van der Waals surface area contributed by atoms with E-state index in [-0.39, 0.29) is 36.6 Å². The van der Waals surface area contributed by atoms with E-state index in [0.717, 1.165) is 22.3 Å². The number of hydrogen-bond acceptors (Lipinski definition) is 7. The molecular formula is C30H26N2O7. The first-order valence-corrected chi connectivity index (χ1v) is 12.7. The average Bonchev–Trinajstić information content (AvgIpc) is 3.56. The smallest absolute Gasteiger partial charge is 0.410 e. The van der Waals surface area contributed by atoms with E-state index in [9.17, 15) is 19.2 Å². The number of benzene rings is 3. The van der Waals surface area contributed by atoms with Crippen LogP contribution in [0.4, 0.5) is 4.79 Å². The fourth-order valence-corrected chi connectivity index (χ4v) is 5.75. The van der Waals surface area contributed by atoms with Gasteiger partial charge in [-0.2, -0.15) is 0 Å². The van der Waals surface area contributed by atoms with Gasteiger partial charge in [0.1, 0.15) is 12.1 Å². The zero-order valence-corrected chi connectivity index (χ0v) is 21.5. The Morgan fingerprint density at radius 1 is 0.846 bits per heavy atom. The number of carbonyl (C=O) groups excluding carboxylic acids is 4. The first-order chi connectivity index (χ1) is 18.8. The molecule has 0 aromatic heterocycles. The number of methoxy groups -OCH3 is 1. The molecule has 3 aromatic rings. The van der Waals surface area contributed by atoms with Gasteiger partial charge in [0.25, 0.3) is 11.8 Å². The van der Waals surface area contributed by atoms with Gasteiger partial charge in [0.15, 0.2) is 0 Å². The first-order valence-electron chi connectivity index (χ1n) is 12.7. The quantitative estimate of drug-likeness (QED) is 0.460. The van der Waals surface area contributed by atoms with Gasteiger partial charge in [-0.1, -0.05) is 65.7 Å². The van der Waals surface area contributed by atoms with Crippen LogP contribution in [0.15, 0.2) is 72.8 Å². The molecule has 1 fully saturated rings. The van der Waals surface area contributed by atoms with Crippen LogP contribution >= 0.6 is 0 Å². The minimum Gasteiger partial charge on any atom is -0.448 e. The number of imide groups is 1. The summed E-state index contributed by atoms with van der Waals surface area (Å²) in [7, 11) is 1.49. The van der Waals surface area contributed by atoms with Crippen molar-refractivity contribution in [3.8, 4) is 11.1 Å². The average molecular weight is 527 g/mol. The standard InChI is InChI=1S/C30H26N2O7/c1-30(28(35)39-32-26(33)23-13-7-8-14-24(23)27(32)34)15-18(37-2)16-31(30)29(36)38-17-25-21-11-5-3-9-19(21)20-10-4-6-12-22(20)25/h3-14,18,25H,15-17H2,1-2H3. The maximum Gasteiger partial charge on any atom is 0.410 e. The Labute approximate surface area is 224 Å². The number of ether oxygens (including phenoxy) is 2. The van der Waals surface area contributed by atoms with Crippen LogP contribution in [0.2, 0.25) is 0 Å². The molecule has 2 aliphatic heterocycles. The maximum absolute atomic E-state index is 13.5. The summed E-state index contributed by atoms with van der Waals surface area (Å²) in [4.78, 5) is 59.0. The molecule has 9 heteroatoms.